The average Bonchev–Trinajstić information content (AvgIpc) is 2.99. The number of non-ortho nitro benzene ring substituents is 1. The fraction of sp³-hybridized carbons (Fsp3) is 0.231. The molecule has 1 aromatic heterocycles. The molecule has 0 spiro atoms. The maximum atomic E-state index is 13.3. The van der Waals surface area contributed by atoms with Crippen LogP contribution in [0.5, 0.6) is 0 Å². The minimum absolute atomic E-state index is 0.0462. The largest absolute Gasteiger partial charge is 0.459 e. The third-order valence-electron chi connectivity index (χ3n) is 5.82. The summed E-state index contributed by atoms with van der Waals surface area (Å²) in [5.74, 6) is -0.882. The van der Waals surface area contributed by atoms with Crippen LogP contribution in [0.15, 0.2) is 68.4 Å². The van der Waals surface area contributed by atoms with Gasteiger partial charge in [-0.2, -0.15) is 4.98 Å². The molecule has 1 amide bonds. The maximum absolute atomic E-state index is 13.3. The van der Waals surface area contributed by atoms with Gasteiger partial charge in [0.05, 0.1) is 23.4 Å². The zero-order valence-electron chi connectivity index (χ0n) is 22.9. The van der Waals surface area contributed by atoms with E-state index in [9.17, 15) is 24.5 Å². The second kappa shape index (κ2) is 13.5. The van der Waals surface area contributed by atoms with E-state index in [0.717, 1.165) is 4.90 Å². The third-order valence-corrected chi connectivity index (χ3v) is 5.82. The SMILES string of the molecule is CN(C)/C=N/c1nc2c(c(=O)[nH]1)N(C(=O)OCCc1ccc([N+](=O)[O-])cc1)C(COC(=O)c1ccc(N=[N+]=[N-])cc1)C=N2. The molecule has 1 aliphatic heterocycles. The summed E-state index contributed by atoms with van der Waals surface area (Å²) in [5.41, 5.74) is 8.65. The standard InChI is InChI=1S/C26H24N10O7/c1-34(2)15-29-25-30-22-21(23(37)31-25)35(26(39)42-12-11-16-3-9-19(10-4-16)36(40)41)20(13-28-22)14-43-24(38)17-5-7-18(8-6-17)32-33-27/h3-10,13,15,20H,11-12,14H2,1-2H3,(H,30,31,37)/b29-15+. The van der Waals surface area contributed by atoms with Gasteiger partial charge in [0, 0.05) is 49.5 Å². The van der Waals surface area contributed by atoms with Crippen LogP contribution in [0.4, 0.5) is 33.6 Å². The van der Waals surface area contributed by atoms with Gasteiger partial charge in [0.15, 0.2) is 11.5 Å². The second-order valence-corrected chi connectivity index (χ2v) is 9.11. The number of hydrogen-bond acceptors (Lipinski definition) is 11. The summed E-state index contributed by atoms with van der Waals surface area (Å²) in [4.78, 5) is 69.7. The number of rotatable bonds is 10. The summed E-state index contributed by atoms with van der Waals surface area (Å²) >= 11 is 0. The monoisotopic (exact) mass is 588 g/mol. The first-order valence-corrected chi connectivity index (χ1v) is 12.6. The highest BCUT2D eigenvalue weighted by Gasteiger charge is 2.35. The van der Waals surface area contributed by atoms with Crippen LogP contribution in [0, 0.1) is 10.1 Å². The van der Waals surface area contributed by atoms with Crippen molar-refractivity contribution < 1.29 is 24.0 Å². The van der Waals surface area contributed by atoms with Gasteiger partial charge in [0.2, 0.25) is 5.95 Å². The number of esters is 1. The van der Waals surface area contributed by atoms with E-state index in [1.165, 1.54) is 49.0 Å². The van der Waals surface area contributed by atoms with Crippen LogP contribution in [-0.2, 0) is 15.9 Å². The number of nitro groups is 1. The summed E-state index contributed by atoms with van der Waals surface area (Å²) in [6.07, 6.45) is 2.01. The van der Waals surface area contributed by atoms with Gasteiger partial charge in [0.1, 0.15) is 12.6 Å². The number of benzene rings is 2. The summed E-state index contributed by atoms with van der Waals surface area (Å²) in [6.45, 7) is -0.516. The van der Waals surface area contributed by atoms with E-state index in [1.54, 1.807) is 31.1 Å². The minimum atomic E-state index is -1.04. The first-order chi connectivity index (χ1) is 20.7. The Bertz CT molecular complexity index is 1680. The molecule has 0 aliphatic carbocycles. The quantitative estimate of drug-likeness (QED) is 0.0528. The number of aromatic nitrogens is 2. The summed E-state index contributed by atoms with van der Waals surface area (Å²) < 4.78 is 10.8. The average molecular weight is 589 g/mol. The minimum Gasteiger partial charge on any atom is -0.459 e. The van der Waals surface area contributed by atoms with Crippen molar-refractivity contribution in [2.24, 2.45) is 15.1 Å². The molecule has 1 aliphatic rings. The van der Waals surface area contributed by atoms with Gasteiger partial charge in [-0.05, 0) is 23.2 Å². The summed E-state index contributed by atoms with van der Waals surface area (Å²) in [7, 11) is 3.46. The number of fused-ring (bicyclic) bond motifs is 1. The Morgan fingerprint density at radius 3 is 2.56 bits per heavy atom. The van der Waals surface area contributed by atoms with Gasteiger partial charge in [-0.25, -0.2) is 19.6 Å². The summed E-state index contributed by atoms with van der Waals surface area (Å²) in [5, 5.41) is 14.3. The maximum Gasteiger partial charge on any atom is 0.415 e. The molecule has 2 heterocycles. The molecule has 1 atom stereocenters. The number of H-pyrrole nitrogens is 1. The molecule has 220 valence electrons. The first kappa shape index (κ1) is 29.9. The first-order valence-electron chi connectivity index (χ1n) is 12.6. The number of nitro benzene ring substituents is 1. The van der Waals surface area contributed by atoms with E-state index in [4.69, 9.17) is 15.0 Å². The zero-order valence-corrected chi connectivity index (χ0v) is 22.9. The highest BCUT2D eigenvalue weighted by atomic mass is 16.6. The Morgan fingerprint density at radius 2 is 1.91 bits per heavy atom. The molecular weight excluding hydrogens is 564 g/mol. The predicted octanol–water partition coefficient (Wildman–Crippen LogP) is 3.97. The van der Waals surface area contributed by atoms with E-state index in [0.29, 0.717) is 11.3 Å². The zero-order chi connectivity index (χ0) is 30.9. The Morgan fingerprint density at radius 1 is 1.19 bits per heavy atom. The van der Waals surface area contributed by atoms with E-state index in [1.807, 2.05) is 0 Å². The number of nitrogens with zero attached hydrogens (tertiary/aromatic N) is 9. The molecule has 17 nitrogen and oxygen atoms in total. The topological polar surface area (TPSA) is 221 Å². The molecule has 0 radical (unpaired) electrons. The van der Waals surface area contributed by atoms with Gasteiger partial charge in [-0.15, -0.1) is 0 Å². The normalized spacial score (nSPS) is 13.6. The number of aliphatic imine (C=N–C) groups is 2. The van der Waals surface area contributed by atoms with Crippen molar-refractivity contribution in [1.82, 2.24) is 14.9 Å². The van der Waals surface area contributed by atoms with E-state index >= 15 is 0 Å². The van der Waals surface area contributed by atoms with Crippen LogP contribution in [0.3, 0.4) is 0 Å². The van der Waals surface area contributed by atoms with Crippen molar-refractivity contribution in [3.8, 4) is 0 Å². The van der Waals surface area contributed by atoms with Crippen molar-refractivity contribution in [1.29, 1.82) is 0 Å². The van der Waals surface area contributed by atoms with Crippen molar-refractivity contribution in [3.05, 3.63) is 90.6 Å². The number of ether oxygens (including phenoxy) is 2. The Hall–Kier alpha value is -6.09. The van der Waals surface area contributed by atoms with Crippen molar-refractivity contribution in [3.63, 3.8) is 0 Å². The van der Waals surface area contributed by atoms with Gasteiger partial charge in [0.25, 0.3) is 11.2 Å². The van der Waals surface area contributed by atoms with Crippen molar-refractivity contribution >= 4 is 53.4 Å². The Kier molecular flexibility index (Phi) is 9.39. The molecule has 17 heteroatoms. The lowest BCUT2D eigenvalue weighted by atomic mass is 10.1. The van der Waals surface area contributed by atoms with Crippen molar-refractivity contribution in [2.45, 2.75) is 12.5 Å². The van der Waals surface area contributed by atoms with Gasteiger partial charge in [-0.1, -0.05) is 29.4 Å². The van der Waals surface area contributed by atoms with E-state index in [-0.39, 0.29) is 41.7 Å². The fourth-order valence-corrected chi connectivity index (χ4v) is 3.79. The van der Waals surface area contributed by atoms with Gasteiger partial charge in [-0.3, -0.25) is 24.8 Å². The molecule has 1 N–H and O–H groups in total. The highest BCUT2D eigenvalue weighted by Crippen LogP contribution is 2.30. The summed E-state index contributed by atoms with van der Waals surface area (Å²) in [6, 6.07) is 10.4. The molecule has 1 unspecified atom stereocenters. The molecule has 43 heavy (non-hydrogen) atoms. The van der Waals surface area contributed by atoms with Crippen LogP contribution in [0.1, 0.15) is 15.9 Å². The fourth-order valence-electron chi connectivity index (χ4n) is 3.79. The highest BCUT2D eigenvalue weighted by molar-refractivity contribution is 5.99. The molecule has 0 saturated carbocycles. The van der Waals surface area contributed by atoms with E-state index in [2.05, 4.69) is 30.0 Å². The lowest BCUT2D eigenvalue weighted by molar-refractivity contribution is -0.384. The van der Waals surface area contributed by atoms with Crippen LogP contribution >= 0.6 is 0 Å². The number of anilines is 1. The number of hydrogen-bond donors (Lipinski definition) is 1. The second-order valence-electron chi connectivity index (χ2n) is 9.11. The molecule has 4 rings (SSSR count). The van der Waals surface area contributed by atoms with Crippen LogP contribution in [-0.4, -0.2) is 77.8 Å². The number of azide groups is 1. The van der Waals surface area contributed by atoms with Gasteiger partial charge < -0.3 is 14.4 Å². The van der Waals surface area contributed by atoms with Crippen LogP contribution in [0.25, 0.3) is 10.4 Å². The Labute approximate surface area is 242 Å². The Balaban J connectivity index is 1.54. The predicted molar refractivity (Wildman–Crippen MR) is 155 cm³/mol. The number of nitrogens with one attached hydrogen (secondary N) is 1. The molecule has 2 aromatic carbocycles. The number of amides is 1. The van der Waals surface area contributed by atoms with Crippen LogP contribution in [0.2, 0.25) is 0 Å². The lowest BCUT2D eigenvalue weighted by Gasteiger charge is -2.30. The van der Waals surface area contributed by atoms with Gasteiger partial charge >= 0.3 is 12.1 Å². The van der Waals surface area contributed by atoms with E-state index < -0.39 is 35.2 Å². The smallest absolute Gasteiger partial charge is 0.415 e. The van der Waals surface area contributed by atoms with Crippen LogP contribution < -0.4 is 10.5 Å². The molecule has 0 fully saturated rings. The number of carbonyl (C=O) groups is 2. The molecule has 3 aromatic rings. The molecule has 0 saturated heterocycles. The molecular formula is C26H24N10O7. The van der Waals surface area contributed by atoms with Crippen molar-refractivity contribution in [2.75, 3.05) is 32.2 Å². The number of aromatic amines is 1. The lowest BCUT2D eigenvalue weighted by Crippen LogP contribution is -2.49. The number of carbonyl (C=O) groups excluding carboxylic acids is 2. The molecule has 0 bridgehead atoms. The third kappa shape index (κ3) is 7.56.